The number of rotatable bonds is 3. The highest BCUT2D eigenvalue weighted by Crippen LogP contribution is 2.17. The van der Waals surface area contributed by atoms with Crippen LogP contribution in [-0.2, 0) is 10.2 Å². The molecule has 0 unspecified atom stereocenters. The molecule has 1 aromatic heterocycles. The van der Waals surface area contributed by atoms with Gasteiger partial charge >= 0.3 is 10.2 Å². The molecule has 82 valence electrons. The second kappa shape index (κ2) is 5.09. The normalized spacial score (nSPS) is 10.5. The Hall–Kier alpha value is -1.14. The van der Waals surface area contributed by atoms with E-state index < -0.39 is 10.2 Å². The van der Waals surface area contributed by atoms with Crippen LogP contribution in [0.2, 0.25) is 0 Å². The van der Waals surface area contributed by atoms with Crippen molar-refractivity contribution in [2.45, 2.75) is 0 Å². The molecule has 0 saturated carbocycles. The highest BCUT2D eigenvalue weighted by Gasteiger charge is 2.08. The average molecular weight is 247 g/mol. The van der Waals surface area contributed by atoms with E-state index in [0.29, 0.717) is 4.88 Å². The van der Waals surface area contributed by atoms with Gasteiger partial charge in [-0.2, -0.15) is 8.42 Å². The molecule has 3 N–H and O–H groups in total. The zero-order valence-corrected chi connectivity index (χ0v) is 9.44. The van der Waals surface area contributed by atoms with Crippen LogP contribution in [0.25, 0.3) is 0 Å². The summed E-state index contributed by atoms with van der Waals surface area (Å²) in [6, 6.07) is 0. The maximum absolute atomic E-state index is 11.1. The van der Waals surface area contributed by atoms with E-state index in [9.17, 15) is 8.42 Å². The van der Waals surface area contributed by atoms with Crippen molar-refractivity contribution in [2.24, 2.45) is 0 Å². The van der Waals surface area contributed by atoms with Crippen molar-refractivity contribution >= 4 is 26.7 Å². The fourth-order valence-corrected chi connectivity index (χ4v) is 2.09. The molecular formula is C7H9N3O3S2. The second-order valence-corrected chi connectivity index (χ2v) is 4.95. The molecule has 6 nitrogen and oxygen atoms in total. The summed E-state index contributed by atoms with van der Waals surface area (Å²) >= 11 is 1.09. The summed E-state index contributed by atoms with van der Waals surface area (Å²) in [5, 5.41) is 8.68. The fourth-order valence-electron chi connectivity index (χ4n) is 0.672. The maximum Gasteiger partial charge on any atom is 0.300 e. The highest BCUT2D eigenvalue weighted by atomic mass is 32.2. The number of thiazole rings is 1. The van der Waals surface area contributed by atoms with Gasteiger partial charge in [-0.05, 0) is 0 Å². The molecule has 0 radical (unpaired) electrons. The van der Waals surface area contributed by atoms with Crippen LogP contribution in [0.4, 0.5) is 5.13 Å². The van der Waals surface area contributed by atoms with Gasteiger partial charge in [-0.1, -0.05) is 23.2 Å². The van der Waals surface area contributed by atoms with Crippen molar-refractivity contribution in [1.29, 1.82) is 0 Å². The van der Waals surface area contributed by atoms with E-state index in [1.54, 1.807) is 0 Å². The van der Waals surface area contributed by atoms with Gasteiger partial charge < -0.3 is 5.11 Å². The highest BCUT2D eigenvalue weighted by molar-refractivity contribution is 7.91. The molecule has 15 heavy (non-hydrogen) atoms. The Bertz CT molecular complexity index is 483. The van der Waals surface area contributed by atoms with E-state index in [-0.39, 0.29) is 11.7 Å². The van der Waals surface area contributed by atoms with E-state index in [0.717, 1.165) is 11.3 Å². The van der Waals surface area contributed by atoms with Gasteiger partial charge in [0.15, 0.2) is 5.13 Å². The van der Waals surface area contributed by atoms with Crippen molar-refractivity contribution in [3.63, 3.8) is 0 Å². The Morgan fingerprint density at radius 3 is 3.00 bits per heavy atom. The third-order valence-corrected chi connectivity index (χ3v) is 3.24. The minimum atomic E-state index is -3.53. The van der Waals surface area contributed by atoms with Crippen molar-refractivity contribution in [2.75, 3.05) is 18.4 Å². The van der Waals surface area contributed by atoms with Crippen molar-refractivity contribution in [1.82, 2.24) is 9.71 Å². The van der Waals surface area contributed by atoms with Gasteiger partial charge in [0.2, 0.25) is 0 Å². The fraction of sp³-hybridized carbons (Fsp3) is 0.286. The van der Waals surface area contributed by atoms with Crippen LogP contribution in [0.5, 0.6) is 0 Å². The molecule has 0 fully saturated rings. The molecule has 0 aromatic carbocycles. The van der Waals surface area contributed by atoms with Gasteiger partial charge in [-0.25, -0.2) is 14.4 Å². The van der Waals surface area contributed by atoms with E-state index in [4.69, 9.17) is 5.11 Å². The lowest BCUT2D eigenvalue weighted by atomic mass is 10.5. The van der Waals surface area contributed by atoms with Crippen LogP contribution < -0.4 is 9.44 Å². The van der Waals surface area contributed by atoms with Gasteiger partial charge in [-0.3, -0.25) is 0 Å². The smallest absolute Gasteiger partial charge is 0.300 e. The number of aromatic nitrogens is 1. The van der Waals surface area contributed by atoms with Crippen LogP contribution in [0.3, 0.4) is 0 Å². The summed E-state index contributed by atoms with van der Waals surface area (Å²) in [5.74, 6) is 5.06. The summed E-state index contributed by atoms with van der Waals surface area (Å²) in [4.78, 5) is 4.39. The predicted molar refractivity (Wildman–Crippen MR) is 57.7 cm³/mol. The van der Waals surface area contributed by atoms with Crippen molar-refractivity contribution in [3.05, 3.63) is 11.1 Å². The number of hydrogen-bond acceptors (Lipinski definition) is 5. The molecule has 1 aromatic rings. The average Bonchev–Trinajstić information content (AvgIpc) is 2.62. The van der Waals surface area contributed by atoms with Crippen LogP contribution >= 0.6 is 11.3 Å². The second-order valence-electron chi connectivity index (χ2n) is 2.30. The summed E-state index contributed by atoms with van der Waals surface area (Å²) < 4.78 is 26.4. The molecule has 8 heteroatoms. The number of hydrogen-bond donors (Lipinski definition) is 3. The minimum Gasteiger partial charge on any atom is -0.384 e. The zero-order valence-electron chi connectivity index (χ0n) is 7.81. The molecule has 0 atom stereocenters. The Labute approximate surface area is 91.5 Å². The predicted octanol–water partition coefficient (Wildman–Crippen LogP) is -0.637. The number of nitrogens with one attached hydrogen (secondary N) is 2. The lowest BCUT2D eigenvalue weighted by Gasteiger charge is -2.00. The lowest BCUT2D eigenvalue weighted by molar-refractivity contribution is 0.350. The molecule has 0 saturated heterocycles. The molecule has 0 bridgehead atoms. The van der Waals surface area contributed by atoms with Crippen LogP contribution in [0.15, 0.2) is 6.20 Å². The maximum atomic E-state index is 11.1. The minimum absolute atomic E-state index is 0.228. The Kier molecular flexibility index (Phi) is 4.05. The lowest BCUT2D eigenvalue weighted by Crippen LogP contribution is -2.26. The molecule has 1 rings (SSSR count). The van der Waals surface area contributed by atoms with Crippen LogP contribution in [0.1, 0.15) is 4.88 Å². The Balaban J connectivity index is 2.77. The number of anilines is 1. The van der Waals surface area contributed by atoms with Gasteiger partial charge in [0, 0.05) is 7.05 Å². The van der Waals surface area contributed by atoms with E-state index in [1.165, 1.54) is 13.2 Å². The third kappa shape index (κ3) is 3.85. The molecule has 0 aliphatic carbocycles. The first-order chi connectivity index (χ1) is 7.07. The number of aliphatic hydroxyl groups is 1. The summed E-state index contributed by atoms with van der Waals surface area (Å²) in [5.41, 5.74) is 0. The number of nitrogens with zero attached hydrogens (tertiary/aromatic N) is 1. The standard InChI is InChI=1S/C7H9N3O3S2/c1-8-15(12,13)10-7-9-5-6(14-7)3-2-4-11/h5,8,11H,4H2,1H3,(H,9,10). The first-order valence-electron chi connectivity index (χ1n) is 3.84. The van der Waals surface area contributed by atoms with E-state index in [2.05, 4.69) is 26.3 Å². The zero-order chi connectivity index (χ0) is 11.3. The number of aliphatic hydroxyl groups excluding tert-OH is 1. The van der Waals surface area contributed by atoms with Crippen LogP contribution in [0, 0.1) is 11.8 Å². The molecular weight excluding hydrogens is 238 g/mol. The summed E-state index contributed by atoms with van der Waals surface area (Å²) in [6.45, 7) is -0.241. The summed E-state index contributed by atoms with van der Waals surface area (Å²) in [7, 11) is -2.24. The van der Waals surface area contributed by atoms with Gasteiger partial charge in [0.05, 0.1) is 11.1 Å². The van der Waals surface area contributed by atoms with Crippen LogP contribution in [-0.4, -0.2) is 32.2 Å². The molecule has 0 aliphatic heterocycles. The Morgan fingerprint density at radius 2 is 2.40 bits per heavy atom. The Morgan fingerprint density at radius 1 is 1.67 bits per heavy atom. The first-order valence-corrected chi connectivity index (χ1v) is 6.14. The summed E-state index contributed by atoms with van der Waals surface area (Å²) in [6.07, 6.45) is 1.43. The quantitative estimate of drug-likeness (QED) is 0.620. The SMILES string of the molecule is CNS(=O)(=O)Nc1ncc(C#CCO)s1. The van der Waals surface area contributed by atoms with Gasteiger partial charge in [0.1, 0.15) is 6.61 Å². The monoisotopic (exact) mass is 247 g/mol. The van der Waals surface area contributed by atoms with Gasteiger partial charge in [0.25, 0.3) is 0 Å². The first kappa shape index (κ1) is 11.9. The van der Waals surface area contributed by atoms with Crippen molar-refractivity contribution < 1.29 is 13.5 Å². The molecule has 1 heterocycles. The molecule has 0 spiro atoms. The molecule has 0 amide bonds. The van der Waals surface area contributed by atoms with Gasteiger partial charge in [-0.15, -0.1) is 0 Å². The molecule has 0 aliphatic rings. The van der Waals surface area contributed by atoms with E-state index >= 15 is 0 Å². The van der Waals surface area contributed by atoms with E-state index in [1.807, 2.05) is 0 Å². The largest absolute Gasteiger partial charge is 0.384 e. The third-order valence-electron chi connectivity index (χ3n) is 1.29. The van der Waals surface area contributed by atoms with Crippen molar-refractivity contribution in [3.8, 4) is 11.8 Å². The topological polar surface area (TPSA) is 91.3 Å².